The van der Waals surface area contributed by atoms with Crippen molar-refractivity contribution in [3.8, 4) is 22.7 Å². The van der Waals surface area contributed by atoms with Crippen molar-refractivity contribution < 1.29 is 40.7 Å². The highest BCUT2D eigenvalue weighted by molar-refractivity contribution is 9.10. The summed E-state index contributed by atoms with van der Waals surface area (Å²) in [5.41, 5.74) is -1.62. The maximum atomic E-state index is 13.2. The van der Waals surface area contributed by atoms with Crippen molar-refractivity contribution in [2.24, 2.45) is 0 Å². The number of hydrogen-bond acceptors (Lipinski definition) is 5. The lowest BCUT2D eigenvalue weighted by atomic mass is 10.1. The molecule has 1 N–H and O–H groups in total. The maximum absolute atomic E-state index is 13.2. The van der Waals surface area contributed by atoms with Crippen molar-refractivity contribution >= 4 is 27.7 Å². The number of pyridine rings is 1. The highest BCUT2D eigenvalue weighted by atomic mass is 79.9. The van der Waals surface area contributed by atoms with Crippen LogP contribution >= 0.6 is 15.9 Å². The molecule has 0 atom stereocenters. The standard InChI is InChI=1S/C20H12BrF6N5O3/c21-11-3-10(4-13(5-11)35-20(25,26)27)15-7-14(18(34)31-8-17(33)29-9-31)30-32(15)12-1-2-28-16(6-12)19(22,23)24/h1-7H,8-9H2,(H,29,33). The zero-order valence-corrected chi connectivity index (χ0v) is 18.7. The average molecular weight is 564 g/mol. The maximum Gasteiger partial charge on any atom is 0.573 e. The summed E-state index contributed by atoms with van der Waals surface area (Å²) in [5.74, 6) is -1.74. The highest BCUT2D eigenvalue weighted by Crippen LogP contribution is 2.34. The quantitative estimate of drug-likeness (QED) is 0.482. The molecule has 3 heterocycles. The predicted octanol–water partition coefficient (Wildman–Crippen LogP) is 4.14. The van der Waals surface area contributed by atoms with Crippen LogP contribution in [0.1, 0.15) is 16.2 Å². The first-order chi connectivity index (χ1) is 16.3. The number of benzene rings is 1. The van der Waals surface area contributed by atoms with Gasteiger partial charge >= 0.3 is 12.5 Å². The molecular formula is C20H12BrF6N5O3. The summed E-state index contributed by atoms with van der Waals surface area (Å²) in [4.78, 5) is 28.7. The third-order valence-electron chi connectivity index (χ3n) is 4.70. The number of aromatic nitrogens is 3. The molecule has 4 rings (SSSR count). The number of alkyl halides is 6. The lowest BCUT2D eigenvalue weighted by Gasteiger charge is -2.13. The van der Waals surface area contributed by atoms with Crippen LogP contribution in [0.2, 0.25) is 0 Å². The molecule has 0 radical (unpaired) electrons. The van der Waals surface area contributed by atoms with Gasteiger partial charge in [0.05, 0.1) is 18.1 Å². The summed E-state index contributed by atoms with van der Waals surface area (Å²) in [6, 6.07) is 6.46. The van der Waals surface area contributed by atoms with Crippen molar-refractivity contribution in [1.29, 1.82) is 0 Å². The van der Waals surface area contributed by atoms with Gasteiger partial charge in [0.15, 0.2) is 5.69 Å². The number of ether oxygens (including phenoxy) is 1. The Morgan fingerprint density at radius 2 is 1.83 bits per heavy atom. The normalized spacial score (nSPS) is 14.3. The third kappa shape index (κ3) is 5.55. The molecule has 0 bridgehead atoms. The van der Waals surface area contributed by atoms with Gasteiger partial charge in [0, 0.05) is 16.2 Å². The van der Waals surface area contributed by atoms with Gasteiger partial charge in [-0.3, -0.25) is 14.6 Å². The van der Waals surface area contributed by atoms with Crippen LogP contribution in [0.4, 0.5) is 26.3 Å². The van der Waals surface area contributed by atoms with Crippen molar-refractivity contribution in [2.45, 2.75) is 12.5 Å². The Labute approximate surface area is 200 Å². The van der Waals surface area contributed by atoms with Gasteiger partial charge in [0.1, 0.15) is 18.0 Å². The molecule has 8 nitrogen and oxygen atoms in total. The molecule has 35 heavy (non-hydrogen) atoms. The first-order valence-electron chi connectivity index (χ1n) is 9.56. The van der Waals surface area contributed by atoms with E-state index < -0.39 is 35.8 Å². The second-order valence-electron chi connectivity index (χ2n) is 7.21. The second kappa shape index (κ2) is 8.87. The lowest BCUT2D eigenvalue weighted by molar-refractivity contribution is -0.274. The van der Waals surface area contributed by atoms with Crippen LogP contribution in [-0.4, -0.2) is 51.1 Å². The molecule has 1 aromatic carbocycles. The van der Waals surface area contributed by atoms with E-state index in [-0.39, 0.29) is 40.3 Å². The molecule has 0 aliphatic carbocycles. The fraction of sp³-hybridized carbons (Fsp3) is 0.200. The molecule has 0 spiro atoms. The summed E-state index contributed by atoms with van der Waals surface area (Å²) in [6.07, 6.45) is -8.90. The fourth-order valence-electron chi connectivity index (χ4n) is 3.27. The van der Waals surface area contributed by atoms with E-state index in [0.717, 1.165) is 27.9 Å². The Hall–Kier alpha value is -3.62. The Morgan fingerprint density at radius 3 is 2.46 bits per heavy atom. The van der Waals surface area contributed by atoms with Gasteiger partial charge in [-0.2, -0.15) is 18.3 Å². The molecule has 184 valence electrons. The van der Waals surface area contributed by atoms with E-state index in [4.69, 9.17) is 0 Å². The molecule has 3 aromatic rings. The summed E-state index contributed by atoms with van der Waals surface area (Å²) < 4.78 is 83.1. The van der Waals surface area contributed by atoms with E-state index >= 15 is 0 Å². The molecule has 2 aromatic heterocycles. The number of rotatable bonds is 4. The van der Waals surface area contributed by atoms with Crippen molar-refractivity contribution in [1.82, 2.24) is 25.0 Å². The number of amides is 2. The number of halogens is 7. The van der Waals surface area contributed by atoms with E-state index in [0.29, 0.717) is 6.07 Å². The number of carbonyl (C=O) groups is 2. The molecule has 0 saturated carbocycles. The zero-order chi connectivity index (χ0) is 25.5. The minimum absolute atomic E-state index is 0.0144. The van der Waals surface area contributed by atoms with Crippen LogP contribution in [0, 0.1) is 0 Å². The largest absolute Gasteiger partial charge is 0.573 e. The van der Waals surface area contributed by atoms with Gasteiger partial charge in [-0.25, -0.2) is 4.68 Å². The van der Waals surface area contributed by atoms with Crippen LogP contribution in [0.25, 0.3) is 16.9 Å². The average Bonchev–Trinajstić information content (AvgIpc) is 3.38. The lowest BCUT2D eigenvalue weighted by Crippen LogP contribution is -2.30. The number of hydrogen-bond donors (Lipinski definition) is 1. The molecule has 1 aliphatic heterocycles. The minimum Gasteiger partial charge on any atom is -0.406 e. The molecule has 2 amide bonds. The molecular weight excluding hydrogens is 552 g/mol. The van der Waals surface area contributed by atoms with Gasteiger partial charge in [-0.15, -0.1) is 13.2 Å². The van der Waals surface area contributed by atoms with Crippen LogP contribution in [0.3, 0.4) is 0 Å². The zero-order valence-electron chi connectivity index (χ0n) is 17.1. The van der Waals surface area contributed by atoms with Gasteiger partial charge in [-0.1, -0.05) is 15.9 Å². The number of nitrogens with one attached hydrogen (secondary N) is 1. The minimum atomic E-state index is -5.00. The fourth-order valence-corrected chi connectivity index (χ4v) is 3.74. The monoisotopic (exact) mass is 563 g/mol. The first kappa shape index (κ1) is 24.5. The van der Waals surface area contributed by atoms with Crippen LogP contribution < -0.4 is 10.1 Å². The third-order valence-corrected chi connectivity index (χ3v) is 5.15. The smallest absolute Gasteiger partial charge is 0.406 e. The van der Waals surface area contributed by atoms with Crippen molar-refractivity contribution in [3.63, 3.8) is 0 Å². The van der Waals surface area contributed by atoms with Gasteiger partial charge in [0.2, 0.25) is 5.91 Å². The summed E-state index contributed by atoms with van der Waals surface area (Å²) in [6.45, 7) is -0.358. The van der Waals surface area contributed by atoms with Crippen LogP contribution in [0.5, 0.6) is 5.75 Å². The van der Waals surface area contributed by atoms with Crippen LogP contribution in [-0.2, 0) is 11.0 Å². The van der Waals surface area contributed by atoms with Crippen LogP contribution in [0.15, 0.2) is 47.1 Å². The predicted molar refractivity (Wildman–Crippen MR) is 110 cm³/mol. The number of carbonyl (C=O) groups excluding carboxylic acids is 2. The van der Waals surface area contributed by atoms with Gasteiger partial charge < -0.3 is 15.0 Å². The Bertz CT molecular complexity index is 1310. The first-order valence-corrected chi connectivity index (χ1v) is 10.4. The van der Waals surface area contributed by atoms with E-state index in [1.165, 1.54) is 18.2 Å². The Kier molecular flexibility index (Phi) is 6.21. The molecule has 15 heteroatoms. The van der Waals surface area contributed by atoms with E-state index in [1.54, 1.807) is 0 Å². The summed E-state index contributed by atoms with van der Waals surface area (Å²) >= 11 is 3.08. The summed E-state index contributed by atoms with van der Waals surface area (Å²) in [7, 11) is 0. The van der Waals surface area contributed by atoms with Crippen molar-refractivity contribution in [2.75, 3.05) is 13.2 Å². The SMILES string of the molecule is O=C1CN(C(=O)c2cc(-c3cc(Br)cc(OC(F)(F)F)c3)n(-c3ccnc(C(F)(F)F)c3)n2)CN1. The Morgan fingerprint density at radius 1 is 1.09 bits per heavy atom. The summed E-state index contributed by atoms with van der Waals surface area (Å²) in [5, 5.41) is 6.53. The van der Waals surface area contributed by atoms with Crippen molar-refractivity contribution in [3.05, 3.63) is 58.5 Å². The molecule has 1 saturated heterocycles. The topological polar surface area (TPSA) is 89.4 Å². The number of nitrogens with zero attached hydrogens (tertiary/aromatic N) is 4. The molecule has 1 fully saturated rings. The van der Waals surface area contributed by atoms with E-state index in [2.05, 4.69) is 36.1 Å². The van der Waals surface area contributed by atoms with E-state index in [9.17, 15) is 35.9 Å². The Balaban J connectivity index is 1.86. The van der Waals surface area contributed by atoms with Gasteiger partial charge in [-0.05, 0) is 36.4 Å². The highest BCUT2D eigenvalue weighted by Gasteiger charge is 2.34. The second-order valence-corrected chi connectivity index (χ2v) is 8.12. The molecule has 1 aliphatic rings. The molecule has 0 unspecified atom stereocenters. The van der Waals surface area contributed by atoms with Gasteiger partial charge in [0.25, 0.3) is 5.91 Å². The van der Waals surface area contributed by atoms with E-state index in [1.807, 2.05) is 0 Å².